The van der Waals surface area contributed by atoms with E-state index in [4.69, 9.17) is 0 Å². The molecule has 14 heavy (non-hydrogen) atoms. The van der Waals surface area contributed by atoms with E-state index in [0.29, 0.717) is 5.04 Å². The van der Waals surface area contributed by atoms with Crippen LogP contribution < -0.4 is 0 Å². The van der Waals surface area contributed by atoms with Crippen LogP contribution in [-0.2, 0) is 0 Å². The van der Waals surface area contributed by atoms with Gasteiger partial charge >= 0.3 is 0 Å². The Bertz CT molecular complexity index is 197. The molecular weight excluding hydrogens is 184 g/mol. The quantitative estimate of drug-likeness (QED) is 0.461. The second-order valence-electron chi connectivity index (χ2n) is 5.31. The summed E-state index contributed by atoms with van der Waals surface area (Å²) in [6.45, 7) is 12.9. The van der Waals surface area contributed by atoms with Gasteiger partial charge < -0.3 is 0 Å². The van der Waals surface area contributed by atoms with Crippen LogP contribution >= 0.6 is 0 Å². The largest absolute Gasteiger partial charge is 0.103 e. The highest BCUT2D eigenvalue weighted by Crippen LogP contribution is 2.53. The molecule has 2 atom stereocenters. The van der Waals surface area contributed by atoms with E-state index in [2.05, 4.69) is 38.8 Å². The molecule has 0 N–H and O–H groups in total. The molecule has 1 heterocycles. The third kappa shape index (κ3) is 2.03. The Morgan fingerprint density at radius 2 is 2.00 bits per heavy atom. The Hall–Kier alpha value is -0.303. The lowest BCUT2D eigenvalue weighted by Gasteiger charge is -2.48. The molecule has 0 amide bonds. The standard InChI is InChI=1S/C13H24Si/c1-5-9-13(3)10-7-8-12-14(13,4)11-6-2/h5-6H,1-2,7-12H2,3-4H3. The summed E-state index contributed by atoms with van der Waals surface area (Å²) in [6, 6.07) is 2.78. The first-order valence-corrected chi connectivity index (χ1v) is 8.71. The minimum Gasteiger partial charge on any atom is -0.103 e. The molecule has 0 bridgehead atoms. The van der Waals surface area contributed by atoms with E-state index in [0.717, 1.165) is 0 Å². The maximum atomic E-state index is 3.93. The minimum atomic E-state index is -1.10. The van der Waals surface area contributed by atoms with Crippen LogP contribution in [-0.4, -0.2) is 8.07 Å². The Morgan fingerprint density at radius 1 is 1.29 bits per heavy atom. The van der Waals surface area contributed by atoms with Gasteiger partial charge in [0.25, 0.3) is 0 Å². The number of allylic oxidation sites excluding steroid dienone is 2. The second kappa shape index (κ2) is 4.48. The van der Waals surface area contributed by atoms with Crippen molar-refractivity contribution in [1.82, 2.24) is 0 Å². The van der Waals surface area contributed by atoms with Crippen molar-refractivity contribution in [3.05, 3.63) is 25.3 Å². The predicted molar refractivity (Wildman–Crippen MR) is 68.5 cm³/mol. The third-order valence-electron chi connectivity index (χ3n) is 4.35. The van der Waals surface area contributed by atoms with Crippen LogP contribution in [0.1, 0.15) is 32.6 Å². The maximum absolute atomic E-state index is 3.93. The second-order valence-corrected chi connectivity index (χ2v) is 10.6. The van der Waals surface area contributed by atoms with Crippen LogP contribution in [0.25, 0.3) is 0 Å². The Morgan fingerprint density at radius 3 is 2.57 bits per heavy atom. The van der Waals surface area contributed by atoms with Gasteiger partial charge in [0, 0.05) is 0 Å². The monoisotopic (exact) mass is 208 g/mol. The summed E-state index contributed by atoms with van der Waals surface area (Å²) >= 11 is 0. The van der Waals surface area contributed by atoms with Crippen molar-refractivity contribution >= 4 is 8.07 Å². The van der Waals surface area contributed by atoms with Gasteiger partial charge in [-0.1, -0.05) is 44.5 Å². The molecule has 1 aliphatic rings. The lowest BCUT2D eigenvalue weighted by molar-refractivity contribution is 0.475. The van der Waals surface area contributed by atoms with Crippen molar-refractivity contribution in [2.24, 2.45) is 0 Å². The van der Waals surface area contributed by atoms with E-state index < -0.39 is 8.07 Å². The van der Waals surface area contributed by atoms with Crippen molar-refractivity contribution in [2.45, 2.75) is 56.3 Å². The molecule has 0 aromatic carbocycles. The molecule has 0 saturated carbocycles. The van der Waals surface area contributed by atoms with Crippen molar-refractivity contribution in [1.29, 1.82) is 0 Å². The first kappa shape index (κ1) is 11.8. The molecule has 0 spiro atoms. The van der Waals surface area contributed by atoms with Gasteiger partial charge in [-0.05, 0) is 23.9 Å². The summed E-state index contributed by atoms with van der Waals surface area (Å²) < 4.78 is 0. The molecule has 80 valence electrons. The average Bonchev–Trinajstić information content (AvgIpc) is 2.12. The molecule has 0 aliphatic carbocycles. The van der Waals surface area contributed by atoms with E-state index >= 15 is 0 Å². The molecule has 0 radical (unpaired) electrons. The van der Waals surface area contributed by atoms with Gasteiger partial charge in [-0.25, -0.2) is 0 Å². The summed E-state index contributed by atoms with van der Waals surface area (Å²) in [5.41, 5.74) is 0. The van der Waals surface area contributed by atoms with Gasteiger partial charge in [-0.2, -0.15) is 0 Å². The smallest absolute Gasteiger partial charge is 0.0604 e. The van der Waals surface area contributed by atoms with E-state index in [1.807, 2.05) is 0 Å². The fourth-order valence-corrected chi connectivity index (χ4v) is 7.35. The van der Waals surface area contributed by atoms with Gasteiger partial charge in [-0.3, -0.25) is 0 Å². The summed E-state index contributed by atoms with van der Waals surface area (Å²) in [4.78, 5) is 0. The first-order valence-electron chi connectivity index (χ1n) is 5.80. The van der Waals surface area contributed by atoms with Crippen LogP contribution in [0.5, 0.6) is 0 Å². The fourth-order valence-electron chi connectivity index (χ4n) is 2.97. The highest BCUT2D eigenvalue weighted by atomic mass is 28.3. The van der Waals surface area contributed by atoms with Gasteiger partial charge in [0.2, 0.25) is 0 Å². The molecule has 1 saturated heterocycles. The lowest BCUT2D eigenvalue weighted by Crippen LogP contribution is -2.45. The van der Waals surface area contributed by atoms with Crippen molar-refractivity contribution in [3.63, 3.8) is 0 Å². The first-order chi connectivity index (χ1) is 6.58. The van der Waals surface area contributed by atoms with Crippen LogP contribution in [0.15, 0.2) is 25.3 Å². The SMILES string of the molecule is C=CCC1(C)CCCC[Si]1(C)CC=C. The van der Waals surface area contributed by atoms with Crippen molar-refractivity contribution in [3.8, 4) is 0 Å². The van der Waals surface area contributed by atoms with Crippen LogP contribution in [0, 0.1) is 0 Å². The van der Waals surface area contributed by atoms with Gasteiger partial charge in [0.05, 0.1) is 8.07 Å². The van der Waals surface area contributed by atoms with Gasteiger partial charge in [0.15, 0.2) is 0 Å². The number of hydrogen-bond donors (Lipinski definition) is 0. The van der Waals surface area contributed by atoms with E-state index in [-0.39, 0.29) is 0 Å². The zero-order valence-electron chi connectivity index (χ0n) is 9.81. The molecule has 0 aromatic heterocycles. The van der Waals surface area contributed by atoms with Gasteiger partial charge in [0.1, 0.15) is 0 Å². The molecule has 1 aliphatic heterocycles. The molecular formula is C13H24Si. The molecule has 1 rings (SSSR count). The topological polar surface area (TPSA) is 0 Å². The third-order valence-corrected chi connectivity index (χ3v) is 10.4. The zero-order chi connectivity index (χ0) is 10.7. The zero-order valence-corrected chi connectivity index (χ0v) is 10.8. The molecule has 0 aromatic rings. The van der Waals surface area contributed by atoms with E-state index in [1.54, 1.807) is 0 Å². The summed E-state index contributed by atoms with van der Waals surface area (Å²) in [5.74, 6) is 0. The number of rotatable bonds is 4. The lowest BCUT2D eigenvalue weighted by atomic mass is 9.98. The van der Waals surface area contributed by atoms with Gasteiger partial charge in [-0.15, -0.1) is 13.2 Å². The molecule has 0 nitrogen and oxygen atoms in total. The highest BCUT2D eigenvalue weighted by molar-refractivity contribution is 6.82. The number of hydrogen-bond acceptors (Lipinski definition) is 0. The summed E-state index contributed by atoms with van der Waals surface area (Å²) in [7, 11) is -1.10. The van der Waals surface area contributed by atoms with E-state index in [9.17, 15) is 0 Å². The fraction of sp³-hybridized carbons (Fsp3) is 0.692. The predicted octanol–water partition coefficient (Wildman–Crippen LogP) is 4.77. The minimum absolute atomic E-state index is 0.585. The molecule has 2 unspecified atom stereocenters. The highest BCUT2D eigenvalue weighted by Gasteiger charge is 2.45. The average molecular weight is 208 g/mol. The van der Waals surface area contributed by atoms with Crippen molar-refractivity contribution < 1.29 is 0 Å². The Kier molecular flexibility index (Phi) is 3.76. The van der Waals surface area contributed by atoms with Crippen LogP contribution in [0.4, 0.5) is 0 Å². The normalized spacial score (nSPS) is 37.9. The van der Waals surface area contributed by atoms with E-state index in [1.165, 1.54) is 37.8 Å². The summed E-state index contributed by atoms with van der Waals surface area (Å²) in [5, 5.41) is 0.585. The Balaban J connectivity index is 2.85. The maximum Gasteiger partial charge on any atom is 0.0604 e. The van der Waals surface area contributed by atoms with Crippen molar-refractivity contribution in [2.75, 3.05) is 0 Å². The van der Waals surface area contributed by atoms with Crippen LogP contribution in [0.3, 0.4) is 0 Å². The molecule has 1 fully saturated rings. The Labute approximate surface area is 90.1 Å². The summed E-state index contributed by atoms with van der Waals surface area (Å²) in [6.07, 6.45) is 9.77. The molecule has 1 heteroatoms. The van der Waals surface area contributed by atoms with Crippen LogP contribution in [0.2, 0.25) is 23.7 Å².